The van der Waals surface area contributed by atoms with E-state index in [1.165, 1.54) is 12.1 Å². The third kappa shape index (κ3) is 3.50. The molecule has 112 valence electrons. The summed E-state index contributed by atoms with van der Waals surface area (Å²) >= 11 is 0. The molecule has 1 fully saturated rings. The lowest BCUT2D eigenvalue weighted by Crippen LogP contribution is -2.47. The van der Waals surface area contributed by atoms with Crippen LogP contribution in [0.5, 0.6) is 0 Å². The van der Waals surface area contributed by atoms with Crippen molar-refractivity contribution in [2.45, 2.75) is 24.6 Å². The first kappa shape index (κ1) is 16.9. The predicted octanol–water partition coefficient (Wildman–Crippen LogP) is 2.42. The summed E-state index contributed by atoms with van der Waals surface area (Å²) < 4.78 is 37.8. The molecule has 0 atom stereocenters. The zero-order chi connectivity index (χ0) is 14.1. The van der Waals surface area contributed by atoms with Crippen molar-refractivity contribution in [2.24, 2.45) is 0 Å². The minimum absolute atomic E-state index is 0. The van der Waals surface area contributed by atoms with Crippen LogP contribution in [0.1, 0.15) is 28.8 Å². The van der Waals surface area contributed by atoms with E-state index in [0.29, 0.717) is 13.1 Å². The van der Waals surface area contributed by atoms with Crippen LogP contribution in [0.3, 0.4) is 0 Å². The number of carbonyl (C=O) groups excluding carboxylic acids is 1. The van der Waals surface area contributed by atoms with Crippen LogP contribution >= 0.6 is 12.4 Å². The predicted molar refractivity (Wildman–Crippen MR) is 70.1 cm³/mol. The molecule has 0 unspecified atom stereocenters. The number of aliphatic hydroxyl groups is 1. The van der Waals surface area contributed by atoms with Crippen molar-refractivity contribution in [2.75, 3.05) is 13.1 Å². The third-order valence-electron chi connectivity index (χ3n) is 3.31. The highest BCUT2D eigenvalue weighted by Crippen LogP contribution is 2.31. The summed E-state index contributed by atoms with van der Waals surface area (Å²) in [7, 11) is 0. The van der Waals surface area contributed by atoms with Gasteiger partial charge >= 0.3 is 6.18 Å². The van der Waals surface area contributed by atoms with Gasteiger partial charge in [0.05, 0.1) is 5.56 Å². The summed E-state index contributed by atoms with van der Waals surface area (Å²) in [5, 5.41) is 13.2. The lowest BCUT2D eigenvalue weighted by molar-refractivity contribution is -0.137. The lowest BCUT2D eigenvalue weighted by Gasteiger charge is -2.31. The van der Waals surface area contributed by atoms with Crippen LogP contribution in [0, 0.1) is 0 Å². The normalized spacial score (nSPS) is 18.2. The van der Waals surface area contributed by atoms with Crippen molar-refractivity contribution < 1.29 is 23.1 Å². The van der Waals surface area contributed by atoms with E-state index >= 15 is 0 Å². The third-order valence-corrected chi connectivity index (χ3v) is 3.31. The van der Waals surface area contributed by atoms with Crippen LogP contribution in [0.4, 0.5) is 13.2 Å². The summed E-state index contributed by atoms with van der Waals surface area (Å²) in [6.45, 7) is 0.947. The van der Waals surface area contributed by atoms with Gasteiger partial charge in [-0.1, -0.05) is 12.1 Å². The van der Waals surface area contributed by atoms with E-state index in [1.807, 2.05) is 0 Å². The Morgan fingerprint density at radius 2 is 1.85 bits per heavy atom. The van der Waals surface area contributed by atoms with Gasteiger partial charge in [0.2, 0.25) is 0 Å². The number of ketones is 1. The number of benzene rings is 1. The van der Waals surface area contributed by atoms with Crippen LogP contribution in [-0.2, 0) is 6.18 Å². The van der Waals surface area contributed by atoms with Crippen molar-refractivity contribution in [3.63, 3.8) is 0 Å². The molecule has 1 aliphatic heterocycles. The Bertz CT molecular complexity index is 485. The highest BCUT2D eigenvalue weighted by molar-refractivity contribution is 6.02. The molecule has 7 heteroatoms. The maximum Gasteiger partial charge on any atom is 0.416 e. The summed E-state index contributed by atoms with van der Waals surface area (Å²) in [6, 6.07) is 4.18. The smallest absolute Gasteiger partial charge is 0.382 e. The zero-order valence-electron chi connectivity index (χ0n) is 10.5. The van der Waals surface area contributed by atoms with Crippen LogP contribution < -0.4 is 5.32 Å². The number of rotatable bonds is 2. The van der Waals surface area contributed by atoms with Crippen molar-refractivity contribution in [3.8, 4) is 0 Å². The monoisotopic (exact) mass is 309 g/mol. The standard InChI is InChI=1S/C13H14F3NO2.ClH/c14-13(15,16)10-3-1-2-9(8-10)11(18)12(19)4-6-17-7-5-12;/h1-3,8,17,19H,4-7H2;1H. The van der Waals surface area contributed by atoms with Gasteiger partial charge in [-0.25, -0.2) is 0 Å². The number of hydrogen-bond donors (Lipinski definition) is 2. The topological polar surface area (TPSA) is 49.3 Å². The van der Waals surface area contributed by atoms with Crippen LogP contribution in [0.25, 0.3) is 0 Å². The van der Waals surface area contributed by atoms with Gasteiger partial charge in [-0.15, -0.1) is 12.4 Å². The molecule has 0 bridgehead atoms. The molecule has 1 aromatic carbocycles. The first-order valence-corrected chi connectivity index (χ1v) is 5.98. The maximum absolute atomic E-state index is 12.6. The maximum atomic E-state index is 12.6. The molecule has 3 nitrogen and oxygen atoms in total. The fraction of sp³-hybridized carbons (Fsp3) is 0.462. The Balaban J connectivity index is 0.00000200. The number of Topliss-reactive ketones (excluding diaryl/α,β-unsaturated/α-hetero) is 1. The van der Waals surface area contributed by atoms with E-state index in [2.05, 4.69) is 5.32 Å². The summed E-state index contributed by atoms with van der Waals surface area (Å²) in [4.78, 5) is 12.2. The second kappa shape index (κ2) is 6.11. The van der Waals surface area contributed by atoms with Gasteiger partial charge in [-0.2, -0.15) is 13.2 Å². The van der Waals surface area contributed by atoms with Gasteiger partial charge in [0.15, 0.2) is 5.78 Å². The Hall–Kier alpha value is -1.11. The molecular formula is C13H15ClF3NO2. The molecule has 0 amide bonds. The Kier molecular flexibility index (Phi) is 5.18. The molecule has 2 rings (SSSR count). The molecule has 0 aromatic heterocycles. The van der Waals surface area contributed by atoms with Crippen LogP contribution in [-0.4, -0.2) is 29.6 Å². The minimum Gasteiger partial charge on any atom is -0.382 e. The molecule has 0 aliphatic carbocycles. The highest BCUT2D eigenvalue weighted by atomic mass is 35.5. The number of nitrogens with one attached hydrogen (secondary N) is 1. The molecule has 1 heterocycles. The second-order valence-electron chi connectivity index (χ2n) is 4.69. The van der Waals surface area contributed by atoms with Gasteiger partial charge < -0.3 is 10.4 Å². The van der Waals surface area contributed by atoms with E-state index in [0.717, 1.165) is 12.1 Å². The molecule has 20 heavy (non-hydrogen) atoms. The first-order chi connectivity index (χ1) is 8.83. The van der Waals surface area contributed by atoms with E-state index in [-0.39, 0.29) is 30.8 Å². The van der Waals surface area contributed by atoms with Gasteiger partial charge in [-0.05, 0) is 38.1 Å². The van der Waals surface area contributed by atoms with E-state index in [4.69, 9.17) is 0 Å². The number of halogens is 4. The molecule has 0 spiro atoms. The number of piperidine rings is 1. The van der Waals surface area contributed by atoms with Crippen molar-refractivity contribution in [3.05, 3.63) is 35.4 Å². The molecule has 0 saturated carbocycles. The molecule has 1 saturated heterocycles. The van der Waals surface area contributed by atoms with Gasteiger partial charge in [0.25, 0.3) is 0 Å². The van der Waals surface area contributed by atoms with Crippen LogP contribution in [0.15, 0.2) is 24.3 Å². The molecular weight excluding hydrogens is 295 g/mol. The lowest BCUT2D eigenvalue weighted by atomic mass is 9.84. The highest BCUT2D eigenvalue weighted by Gasteiger charge is 2.38. The van der Waals surface area contributed by atoms with E-state index < -0.39 is 23.1 Å². The Labute approximate surface area is 120 Å². The van der Waals surface area contributed by atoms with E-state index in [1.54, 1.807) is 0 Å². The number of alkyl halides is 3. The summed E-state index contributed by atoms with van der Waals surface area (Å²) in [5.74, 6) is -0.639. The largest absolute Gasteiger partial charge is 0.416 e. The van der Waals surface area contributed by atoms with Crippen LogP contribution in [0.2, 0.25) is 0 Å². The molecule has 1 aliphatic rings. The molecule has 1 aromatic rings. The average molecular weight is 310 g/mol. The second-order valence-corrected chi connectivity index (χ2v) is 4.69. The quantitative estimate of drug-likeness (QED) is 0.825. The van der Waals surface area contributed by atoms with Gasteiger partial charge in [-0.3, -0.25) is 4.79 Å². The van der Waals surface area contributed by atoms with Gasteiger partial charge in [0.1, 0.15) is 5.60 Å². The average Bonchev–Trinajstić information content (AvgIpc) is 2.38. The summed E-state index contributed by atoms with van der Waals surface area (Å²) in [6.07, 6.45) is -4.07. The van der Waals surface area contributed by atoms with E-state index in [9.17, 15) is 23.1 Å². The SMILES string of the molecule is Cl.O=C(c1cccc(C(F)(F)F)c1)C1(O)CCNCC1. The fourth-order valence-electron chi connectivity index (χ4n) is 2.17. The van der Waals surface area contributed by atoms with Gasteiger partial charge in [0, 0.05) is 5.56 Å². The Morgan fingerprint density at radius 3 is 2.40 bits per heavy atom. The van der Waals surface area contributed by atoms with Crippen molar-refractivity contribution in [1.29, 1.82) is 0 Å². The van der Waals surface area contributed by atoms with Crippen molar-refractivity contribution >= 4 is 18.2 Å². The number of carbonyl (C=O) groups is 1. The fourth-order valence-corrected chi connectivity index (χ4v) is 2.17. The zero-order valence-corrected chi connectivity index (χ0v) is 11.4. The minimum atomic E-state index is -4.49. The molecule has 2 N–H and O–H groups in total. The molecule has 0 radical (unpaired) electrons. The first-order valence-electron chi connectivity index (χ1n) is 5.98. The van der Waals surface area contributed by atoms with Crippen molar-refractivity contribution in [1.82, 2.24) is 5.32 Å². The Morgan fingerprint density at radius 1 is 1.25 bits per heavy atom. The number of hydrogen-bond acceptors (Lipinski definition) is 3. The summed E-state index contributed by atoms with van der Waals surface area (Å²) in [5.41, 5.74) is -2.54.